The molecule has 1 N–H and O–H groups in total. The van der Waals surface area contributed by atoms with Crippen molar-refractivity contribution in [3.8, 4) is 5.75 Å². The first-order valence-corrected chi connectivity index (χ1v) is 8.23. The van der Waals surface area contributed by atoms with E-state index in [-0.39, 0.29) is 17.9 Å². The molecule has 0 aliphatic carbocycles. The van der Waals surface area contributed by atoms with E-state index in [9.17, 15) is 27.2 Å². The SMILES string of the molecule is C[C@H](OC(=O)c1ccc(OC(F)(F)F)cc1)C(=O)NCCc1ccc(F)cc1. The normalized spacial score (nSPS) is 12.2. The molecule has 0 aromatic heterocycles. The highest BCUT2D eigenvalue weighted by Gasteiger charge is 2.31. The van der Waals surface area contributed by atoms with Crippen LogP contribution >= 0.6 is 0 Å². The summed E-state index contributed by atoms with van der Waals surface area (Å²) in [6.07, 6.45) is -5.47. The van der Waals surface area contributed by atoms with Crippen LogP contribution in [0.3, 0.4) is 0 Å². The Kier molecular flexibility index (Phi) is 6.97. The highest BCUT2D eigenvalue weighted by Crippen LogP contribution is 2.23. The Morgan fingerprint density at radius 1 is 1.04 bits per heavy atom. The lowest BCUT2D eigenvalue weighted by Crippen LogP contribution is -2.36. The third kappa shape index (κ3) is 6.90. The first kappa shape index (κ1) is 21.2. The fourth-order valence-corrected chi connectivity index (χ4v) is 2.20. The number of hydrogen-bond acceptors (Lipinski definition) is 4. The minimum atomic E-state index is -4.83. The molecule has 0 radical (unpaired) electrons. The minimum absolute atomic E-state index is 0.0273. The average Bonchev–Trinajstić information content (AvgIpc) is 2.62. The van der Waals surface area contributed by atoms with Gasteiger partial charge in [-0.15, -0.1) is 13.2 Å². The van der Waals surface area contributed by atoms with Crippen LogP contribution in [0.1, 0.15) is 22.8 Å². The van der Waals surface area contributed by atoms with Crippen LogP contribution in [0.25, 0.3) is 0 Å². The van der Waals surface area contributed by atoms with Gasteiger partial charge in [-0.05, 0) is 55.3 Å². The maximum absolute atomic E-state index is 12.8. The summed E-state index contributed by atoms with van der Waals surface area (Å²) >= 11 is 0. The fraction of sp³-hybridized carbons (Fsp3) is 0.263. The summed E-state index contributed by atoms with van der Waals surface area (Å²) in [5.74, 6) is -2.23. The molecule has 0 spiro atoms. The van der Waals surface area contributed by atoms with Crippen LogP contribution < -0.4 is 10.1 Å². The van der Waals surface area contributed by atoms with Gasteiger partial charge in [-0.2, -0.15) is 0 Å². The number of amides is 1. The molecule has 2 aromatic rings. The number of halogens is 4. The molecule has 1 amide bonds. The summed E-state index contributed by atoms with van der Waals surface area (Å²) in [4.78, 5) is 24.0. The molecule has 28 heavy (non-hydrogen) atoms. The number of benzene rings is 2. The highest BCUT2D eigenvalue weighted by atomic mass is 19.4. The molecule has 0 aliphatic rings. The topological polar surface area (TPSA) is 64.6 Å². The molecular weight excluding hydrogens is 382 g/mol. The molecule has 0 saturated heterocycles. The van der Waals surface area contributed by atoms with E-state index in [0.717, 1.165) is 29.8 Å². The molecule has 1 atom stereocenters. The van der Waals surface area contributed by atoms with Crippen LogP contribution in [0.5, 0.6) is 5.75 Å². The van der Waals surface area contributed by atoms with E-state index < -0.39 is 30.1 Å². The molecule has 0 aliphatic heterocycles. The lowest BCUT2D eigenvalue weighted by atomic mass is 10.1. The number of ether oxygens (including phenoxy) is 2. The van der Waals surface area contributed by atoms with Gasteiger partial charge in [0.05, 0.1) is 5.56 Å². The molecule has 5 nitrogen and oxygen atoms in total. The molecule has 2 aromatic carbocycles. The number of esters is 1. The van der Waals surface area contributed by atoms with Gasteiger partial charge in [-0.1, -0.05) is 12.1 Å². The Morgan fingerprint density at radius 2 is 1.64 bits per heavy atom. The van der Waals surface area contributed by atoms with Gasteiger partial charge in [0, 0.05) is 6.54 Å². The number of alkyl halides is 3. The van der Waals surface area contributed by atoms with Gasteiger partial charge >= 0.3 is 12.3 Å². The van der Waals surface area contributed by atoms with E-state index in [1.165, 1.54) is 19.1 Å². The summed E-state index contributed by atoms with van der Waals surface area (Å²) in [6, 6.07) is 9.95. The van der Waals surface area contributed by atoms with Crippen molar-refractivity contribution in [2.45, 2.75) is 25.8 Å². The molecule has 0 unspecified atom stereocenters. The second kappa shape index (κ2) is 9.20. The molecule has 0 saturated carbocycles. The Bertz CT molecular complexity index is 804. The van der Waals surface area contributed by atoms with Crippen molar-refractivity contribution in [2.24, 2.45) is 0 Å². The van der Waals surface area contributed by atoms with Crippen LogP contribution in [0, 0.1) is 5.82 Å². The van der Waals surface area contributed by atoms with Crippen molar-refractivity contribution in [1.29, 1.82) is 0 Å². The monoisotopic (exact) mass is 399 g/mol. The van der Waals surface area contributed by atoms with E-state index in [1.807, 2.05) is 0 Å². The first-order chi connectivity index (χ1) is 13.1. The van der Waals surface area contributed by atoms with Crippen LogP contribution in [0.4, 0.5) is 17.6 Å². The number of hydrogen-bond donors (Lipinski definition) is 1. The maximum atomic E-state index is 12.8. The lowest BCUT2D eigenvalue weighted by molar-refractivity contribution is -0.274. The van der Waals surface area contributed by atoms with Gasteiger partial charge in [-0.25, -0.2) is 9.18 Å². The Morgan fingerprint density at radius 3 is 2.21 bits per heavy atom. The van der Waals surface area contributed by atoms with Gasteiger partial charge < -0.3 is 14.8 Å². The smallest absolute Gasteiger partial charge is 0.449 e. The number of carbonyl (C=O) groups is 2. The third-order valence-electron chi connectivity index (χ3n) is 3.60. The summed E-state index contributed by atoms with van der Waals surface area (Å²) in [7, 11) is 0. The van der Waals surface area contributed by atoms with E-state index in [0.29, 0.717) is 6.42 Å². The van der Waals surface area contributed by atoms with E-state index in [1.54, 1.807) is 12.1 Å². The fourth-order valence-electron chi connectivity index (χ4n) is 2.20. The predicted molar refractivity (Wildman–Crippen MR) is 91.1 cm³/mol. The largest absolute Gasteiger partial charge is 0.573 e. The van der Waals surface area contributed by atoms with Gasteiger partial charge in [0.15, 0.2) is 6.10 Å². The maximum Gasteiger partial charge on any atom is 0.573 e. The van der Waals surface area contributed by atoms with E-state index in [2.05, 4.69) is 10.1 Å². The molecule has 0 heterocycles. The summed E-state index contributed by atoms with van der Waals surface area (Å²) in [6.45, 7) is 1.63. The summed E-state index contributed by atoms with van der Waals surface area (Å²) in [5, 5.41) is 2.58. The van der Waals surface area contributed by atoms with Crippen molar-refractivity contribution in [3.63, 3.8) is 0 Å². The zero-order valence-electron chi connectivity index (χ0n) is 14.8. The van der Waals surface area contributed by atoms with Crippen molar-refractivity contribution < 1.29 is 36.6 Å². The van der Waals surface area contributed by atoms with Crippen molar-refractivity contribution >= 4 is 11.9 Å². The zero-order valence-corrected chi connectivity index (χ0v) is 14.8. The Balaban J connectivity index is 1.80. The molecule has 2 rings (SSSR count). The second-order valence-corrected chi connectivity index (χ2v) is 5.79. The van der Waals surface area contributed by atoms with E-state index >= 15 is 0 Å². The van der Waals surface area contributed by atoms with Crippen molar-refractivity contribution in [3.05, 3.63) is 65.5 Å². The van der Waals surface area contributed by atoms with Crippen LogP contribution in [-0.4, -0.2) is 30.9 Å². The van der Waals surface area contributed by atoms with Crippen LogP contribution in [0.15, 0.2) is 48.5 Å². The summed E-state index contributed by atoms with van der Waals surface area (Å²) in [5.41, 5.74) is 0.799. The third-order valence-corrected chi connectivity index (χ3v) is 3.60. The second-order valence-electron chi connectivity index (χ2n) is 5.79. The van der Waals surface area contributed by atoms with Crippen LogP contribution in [0.2, 0.25) is 0 Å². The molecule has 0 bridgehead atoms. The standard InChI is InChI=1S/C19H17F4NO4/c1-12(17(25)24-11-10-13-2-6-15(20)7-3-13)27-18(26)14-4-8-16(9-5-14)28-19(21,22)23/h2-9,12H,10-11H2,1H3,(H,24,25)/t12-/m0/s1. The predicted octanol–water partition coefficient (Wildman–Crippen LogP) is 3.63. The van der Waals surface area contributed by atoms with Gasteiger partial charge in [0.2, 0.25) is 0 Å². The minimum Gasteiger partial charge on any atom is -0.449 e. The first-order valence-electron chi connectivity index (χ1n) is 8.23. The van der Waals surface area contributed by atoms with Gasteiger partial charge in [-0.3, -0.25) is 4.79 Å². The quantitative estimate of drug-likeness (QED) is 0.571. The molecular formula is C19H17F4NO4. The highest BCUT2D eigenvalue weighted by molar-refractivity contribution is 5.92. The number of carbonyl (C=O) groups excluding carboxylic acids is 2. The number of rotatable bonds is 7. The molecule has 9 heteroatoms. The Labute approximate surface area is 158 Å². The number of nitrogens with one attached hydrogen (secondary N) is 1. The van der Waals surface area contributed by atoms with Gasteiger partial charge in [0.1, 0.15) is 11.6 Å². The molecule has 0 fully saturated rings. The molecule has 150 valence electrons. The average molecular weight is 399 g/mol. The zero-order chi connectivity index (χ0) is 20.7. The van der Waals surface area contributed by atoms with Gasteiger partial charge in [0.25, 0.3) is 5.91 Å². The van der Waals surface area contributed by atoms with Crippen LogP contribution in [-0.2, 0) is 16.0 Å². The summed E-state index contributed by atoms with van der Waals surface area (Å²) < 4.78 is 57.9. The Hall–Kier alpha value is -3.10. The van der Waals surface area contributed by atoms with E-state index in [4.69, 9.17) is 4.74 Å². The van der Waals surface area contributed by atoms with Crippen molar-refractivity contribution in [2.75, 3.05) is 6.54 Å². The lowest BCUT2D eigenvalue weighted by Gasteiger charge is -2.14. The van der Waals surface area contributed by atoms with Crippen molar-refractivity contribution in [1.82, 2.24) is 5.32 Å².